The molecule has 0 spiro atoms. The number of rotatable bonds is 5. The Balaban J connectivity index is 1.77. The molecule has 0 bridgehead atoms. The van der Waals surface area contributed by atoms with E-state index in [1.165, 1.54) is 0 Å². The molecule has 1 aliphatic rings. The van der Waals surface area contributed by atoms with Gasteiger partial charge in [0.05, 0.1) is 13.2 Å². The number of pyridine rings is 1. The molecule has 0 aliphatic carbocycles. The highest BCUT2D eigenvalue weighted by Gasteiger charge is 2.31. The van der Waals surface area contributed by atoms with Crippen molar-refractivity contribution in [2.24, 2.45) is 0 Å². The molecule has 1 aliphatic heterocycles. The van der Waals surface area contributed by atoms with Gasteiger partial charge in [0, 0.05) is 25.2 Å². The monoisotopic (exact) mass is 340 g/mol. The van der Waals surface area contributed by atoms with Crippen LogP contribution in [0.2, 0.25) is 0 Å². The normalized spacial score (nSPS) is 17.0. The van der Waals surface area contributed by atoms with E-state index in [1.807, 2.05) is 36.9 Å². The number of nitrogens with zero attached hydrogens (tertiary/aromatic N) is 2. The van der Waals surface area contributed by atoms with Gasteiger partial charge in [-0.05, 0) is 44.0 Å². The fraction of sp³-hybridized carbons (Fsp3) is 0.400. The number of ether oxygens (including phenoxy) is 2. The molecule has 1 fully saturated rings. The van der Waals surface area contributed by atoms with Crippen LogP contribution in [0, 0.1) is 0 Å². The van der Waals surface area contributed by atoms with Crippen LogP contribution < -0.4 is 9.47 Å². The van der Waals surface area contributed by atoms with Crippen molar-refractivity contribution >= 4 is 5.91 Å². The Bertz CT molecular complexity index is 745. The fourth-order valence-electron chi connectivity index (χ4n) is 3.25. The van der Waals surface area contributed by atoms with Crippen LogP contribution in [0.3, 0.4) is 0 Å². The molecular formula is C20H24N2O3. The zero-order valence-electron chi connectivity index (χ0n) is 14.9. The Morgan fingerprint density at radius 2 is 1.96 bits per heavy atom. The topological polar surface area (TPSA) is 51.7 Å². The van der Waals surface area contributed by atoms with Gasteiger partial charge in [0.2, 0.25) is 0 Å². The Morgan fingerprint density at radius 1 is 1.20 bits per heavy atom. The average molecular weight is 340 g/mol. The molecule has 2 aromatic rings. The molecular weight excluding hydrogens is 316 g/mol. The van der Waals surface area contributed by atoms with Crippen LogP contribution in [0.5, 0.6) is 11.5 Å². The summed E-state index contributed by atoms with van der Waals surface area (Å²) in [6.07, 6.45) is 2.55. The summed E-state index contributed by atoms with van der Waals surface area (Å²) in [7, 11) is 1.68. The van der Waals surface area contributed by atoms with E-state index in [0.717, 1.165) is 17.7 Å². The molecule has 25 heavy (non-hydrogen) atoms. The van der Waals surface area contributed by atoms with Gasteiger partial charge >= 0.3 is 0 Å². The highest BCUT2D eigenvalue weighted by atomic mass is 16.5. The SMILES string of the molecule is COc1ccccc1[C@H]1CCN(C(=O)c2ncccc2OC(C)C)C1. The Labute approximate surface area is 148 Å². The van der Waals surface area contributed by atoms with Crippen molar-refractivity contribution in [2.75, 3.05) is 20.2 Å². The van der Waals surface area contributed by atoms with Gasteiger partial charge in [-0.25, -0.2) is 4.98 Å². The molecule has 132 valence electrons. The van der Waals surface area contributed by atoms with Gasteiger partial charge < -0.3 is 14.4 Å². The summed E-state index contributed by atoms with van der Waals surface area (Å²) in [5.41, 5.74) is 1.54. The number of amides is 1. The van der Waals surface area contributed by atoms with E-state index in [2.05, 4.69) is 11.1 Å². The van der Waals surface area contributed by atoms with Gasteiger partial charge in [-0.1, -0.05) is 18.2 Å². The van der Waals surface area contributed by atoms with E-state index in [1.54, 1.807) is 25.4 Å². The van der Waals surface area contributed by atoms with Crippen LogP contribution in [0.25, 0.3) is 0 Å². The summed E-state index contributed by atoms with van der Waals surface area (Å²) < 4.78 is 11.2. The van der Waals surface area contributed by atoms with Gasteiger partial charge in [-0.3, -0.25) is 4.79 Å². The second-order valence-corrected chi connectivity index (χ2v) is 6.50. The van der Waals surface area contributed by atoms with E-state index in [-0.39, 0.29) is 17.9 Å². The van der Waals surface area contributed by atoms with Crippen molar-refractivity contribution in [1.82, 2.24) is 9.88 Å². The van der Waals surface area contributed by atoms with Crippen LogP contribution in [0.1, 0.15) is 42.2 Å². The van der Waals surface area contributed by atoms with Crippen molar-refractivity contribution in [1.29, 1.82) is 0 Å². The lowest BCUT2D eigenvalue weighted by atomic mass is 9.97. The molecule has 1 aromatic carbocycles. The second-order valence-electron chi connectivity index (χ2n) is 6.50. The third kappa shape index (κ3) is 3.76. The first-order chi connectivity index (χ1) is 12.1. The number of aromatic nitrogens is 1. The zero-order chi connectivity index (χ0) is 17.8. The van der Waals surface area contributed by atoms with Crippen LogP contribution in [0.15, 0.2) is 42.6 Å². The third-order valence-electron chi connectivity index (χ3n) is 4.39. The number of hydrogen-bond acceptors (Lipinski definition) is 4. The lowest BCUT2D eigenvalue weighted by molar-refractivity contribution is 0.0778. The van der Waals surface area contributed by atoms with Crippen LogP contribution in [0.4, 0.5) is 0 Å². The molecule has 1 amide bonds. The van der Waals surface area contributed by atoms with Crippen molar-refractivity contribution in [3.63, 3.8) is 0 Å². The highest BCUT2D eigenvalue weighted by molar-refractivity contribution is 5.95. The van der Waals surface area contributed by atoms with E-state index in [0.29, 0.717) is 24.5 Å². The smallest absolute Gasteiger partial charge is 0.276 e. The molecule has 0 radical (unpaired) electrons. The molecule has 5 nitrogen and oxygen atoms in total. The number of likely N-dealkylation sites (tertiary alicyclic amines) is 1. The quantitative estimate of drug-likeness (QED) is 0.836. The van der Waals surface area contributed by atoms with E-state index in [9.17, 15) is 4.79 Å². The number of benzene rings is 1. The van der Waals surface area contributed by atoms with Gasteiger partial charge in [0.25, 0.3) is 5.91 Å². The Hall–Kier alpha value is -2.56. The predicted octanol–water partition coefficient (Wildman–Crippen LogP) is 3.51. The number of methoxy groups -OCH3 is 1. The number of carbonyl (C=O) groups excluding carboxylic acids is 1. The molecule has 0 unspecified atom stereocenters. The number of carbonyl (C=O) groups is 1. The maximum absolute atomic E-state index is 12.9. The van der Waals surface area contributed by atoms with Crippen molar-refractivity contribution in [3.8, 4) is 11.5 Å². The van der Waals surface area contributed by atoms with E-state index < -0.39 is 0 Å². The summed E-state index contributed by atoms with van der Waals surface area (Å²) in [6, 6.07) is 11.6. The minimum absolute atomic E-state index is 0.00402. The van der Waals surface area contributed by atoms with Gasteiger partial charge in [0.15, 0.2) is 11.4 Å². The maximum Gasteiger partial charge on any atom is 0.276 e. The molecule has 1 atom stereocenters. The third-order valence-corrected chi connectivity index (χ3v) is 4.39. The Morgan fingerprint density at radius 3 is 2.72 bits per heavy atom. The molecule has 3 rings (SSSR count). The van der Waals surface area contributed by atoms with Crippen LogP contribution in [-0.4, -0.2) is 42.1 Å². The first-order valence-corrected chi connectivity index (χ1v) is 8.64. The Kier molecular flexibility index (Phi) is 5.22. The van der Waals surface area contributed by atoms with Gasteiger partial charge in [-0.15, -0.1) is 0 Å². The summed E-state index contributed by atoms with van der Waals surface area (Å²) in [5.74, 6) is 1.62. The summed E-state index contributed by atoms with van der Waals surface area (Å²) >= 11 is 0. The molecule has 0 saturated carbocycles. The van der Waals surface area contributed by atoms with Gasteiger partial charge in [-0.2, -0.15) is 0 Å². The van der Waals surface area contributed by atoms with Crippen molar-refractivity contribution < 1.29 is 14.3 Å². The number of hydrogen-bond donors (Lipinski definition) is 0. The van der Waals surface area contributed by atoms with E-state index in [4.69, 9.17) is 9.47 Å². The first-order valence-electron chi connectivity index (χ1n) is 8.64. The summed E-state index contributed by atoms with van der Waals surface area (Å²) in [6.45, 7) is 5.25. The van der Waals surface area contributed by atoms with Crippen LogP contribution >= 0.6 is 0 Å². The van der Waals surface area contributed by atoms with Crippen molar-refractivity contribution in [2.45, 2.75) is 32.3 Å². The lowest BCUT2D eigenvalue weighted by Gasteiger charge is -2.19. The molecule has 1 aromatic heterocycles. The highest BCUT2D eigenvalue weighted by Crippen LogP contribution is 2.34. The minimum atomic E-state index is -0.0753. The standard InChI is InChI=1S/C20H24N2O3/c1-14(2)25-18-9-6-11-21-19(18)20(23)22-12-10-15(13-22)16-7-4-5-8-17(16)24-3/h4-9,11,14-15H,10,12-13H2,1-3H3/t15-/m0/s1. The van der Waals surface area contributed by atoms with Gasteiger partial charge in [0.1, 0.15) is 5.75 Å². The first kappa shape index (κ1) is 17.3. The summed E-state index contributed by atoms with van der Waals surface area (Å²) in [4.78, 5) is 19.1. The molecule has 2 heterocycles. The maximum atomic E-state index is 12.9. The molecule has 5 heteroatoms. The minimum Gasteiger partial charge on any atom is -0.496 e. The number of para-hydroxylation sites is 1. The average Bonchev–Trinajstić information content (AvgIpc) is 3.11. The second kappa shape index (κ2) is 7.55. The largest absolute Gasteiger partial charge is 0.496 e. The lowest BCUT2D eigenvalue weighted by Crippen LogP contribution is -2.30. The zero-order valence-corrected chi connectivity index (χ0v) is 14.9. The molecule has 0 N–H and O–H groups in total. The fourth-order valence-corrected chi connectivity index (χ4v) is 3.25. The summed E-state index contributed by atoms with van der Waals surface area (Å²) in [5, 5.41) is 0. The van der Waals surface area contributed by atoms with Crippen LogP contribution in [-0.2, 0) is 0 Å². The predicted molar refractivity (Wildman–Crippen MR) is 96.3 cm³/mol. The van der Waals surface area contributed by atoms with Crippen molar-refractivity contribution in [3.05, 3.63) is 53.9 Å². The molecule has 1 saturated heterocycles. The van der Waals surface area contributed by atoms with E-state index >= 15 is 0 Å².